The van der Waals surface area contributed by atoms with E-state index < -0.39 is 0 Å². The number of nitrogens with one attached hydrogen (secondary N) is 2. The van der Waals surface area contributed by atoms with Crippen LogP contribution in [0.4, 0.5) is 21.9 Å². The third kappa shape index (κ3) is 6.99. The van der Waals surface area contributed by atoms with E-state index in [0.29, 0.717) is 6.61 Å². The van der Waals surface area contributed by atoms with Gasteiger partial charge in [-0.3, -0.25) is 4.90 Å². The molecule has 0 spiro atoms. The summed E-state index contributed by atoms with van der Waals surface area (Å²) in [5.74, 6) is 0.816. The first-order valence-corrected chi connectivity index (χ1v) is 12.1. The Bertz CT molecular complexity index is 1010. The molecule has 0 aromatic heterocycles. The number of rotatable bonds is 9. The van der Waals surface area contributed by atoms with Crippen molar-refractivity contribution in [2.45, 2.75) is 26.3 Å². The Kier molecular flexibility index (Phi) is 8.41. The van der Waals surface area contributed by atoms with Crippen LogP contribution in [0.15, 0.2) is 78.9 Å². The first-order chi connectivity index (χ1) is 16.7. The molecule has 1 saturated heterocycles. The molecule has 1 heterocycles. The highest BCUT2D eigenvalue weighted by molar-refractivity contribution is 5.99. The van der Waals surface area contributed by atoms with Crippen LogP contribution in [0.5, 0.6) is 5.75 Å². The summed E-state index contributed by atoms with van der Waals surface area (Å²) in [4.78, 5) is 17.3. The average Bonchev–Trinajstić information content (AvgIpc) is 2.87. The second-order valence-electron chi connectivity index (χ2n) is 8.60. The van der Waals surface area contributed by atoms with Gasteiger partial charge in [0.25, 0.3) is 0 Å². The lowest BCUT2D eigenvalue weighted by molar-refractivity contribution is 0.250. The molecule has 6 heteroatoms. The number of urea groups is 1. The average molecular weight is 459 g/mol. The molecule has 178 valence electrons. The van der Waals surface area contributed by atoms with E-state index in [1.54, 1.807) is 0 Å². The minimum absolute atomic E-state index is 0.260. The number of carbonyl (C=O) groups is 1. The molecule has 1 aliphatic heterocycles. The van der Waals surface area contributed by atoms with Gasteiger partial charge in [-0.05, 0) is 60.5 Å². The van der Waals surface area contributed by atoms with E-state index in [0.717, 1.165) is 62.7 Å². The number of piperazine rings is 1. The zero-order chi connectivity index (χ0) is 23.6. The minimum atomic E-state index is -0.260. The van der Waals surface area contributed by atoms with Gasteiger partial charge in [0.15, 0.2) is 0 Å². The smallest absolute Gasteiger partial charge is 0.323 e. The molecule has 2 amide bonds. The van der Waals surface area contributed by atoms with Crippen molar-refractivity contribution in [2.75, 3.05) is 48.3 Å². The molecule has 34 heavy (non-hydrogen) atoms. The van der Waals surface area contributed by atoms with Crippen molar-refractivity contribution in [3.63, 3.8) is 0 Å². The van der Waals surface area contributed by atoms with Crippen LogP contribution in [0, 0.1) is 0 Å². The normalized spacial score (nSPS) is 14.0. The zero-order valence-electron chi connectivity index (χ0n) is 19.9. The number of ether oxygens (including phenoxy) is 1. The predicted octanol–water partition coefficient (Wildman–Crippen LogP) is 5.83. The Hall–Kier alpha value is -3.51. The van der Waals surface area contributed by atoms with Gasteiger partial charge in [-0.25, -0.2) is 4.79 Å². The van der Waals surface area contributed by atoms with E-state index in [2.05, 4.69) is 69.8 Å². The lowest BCUT2D eigenvalue weighted by atomic mass is 10.1. The molecule has 0 bridgehead atoms. The van der Waals surface area contributed by atoms with Gasteiger partial charge in [-0.1, -0.05) is 43.7 Å². The van der Waals surface area contributed by atoms with E-state index in [-0.39, 0.29) is 6.03 Å². The molecular weight excluding hydrogens is 424 g/mol. The van der Waals surface area contributed by atoms with Crippen LogP contribution in [-0.4, -0.2) is 43.7 Å². The number of nitrogens with zero attached hydrogens (tertiary/aromatic N) is 2. The molecule has 4 rings (SSSR count). The lowest BCUT2D eigenvalue weighted by Crippen LogP contribution is -2.45. The predicted molar refractivity (Wildman–Crippen MR) is 140 cm³/mol. The molecule has 1 fully saturated rings. The third-order valence-corrected chi connectivity index (χ3v) is 5.99. The van der Waals surface area contributed by atoms with E-state index in [1.807, 2.05) is 36.4 Å². The first-order valence-electron chi connectivity index (χ1n) is 12.1. The molecule has 2 N–H and O–H groups in total. The maximum absolute atomic E-state index is 12.4. The second-order valence-corrected chi connectivity index (χ2v) is 8.60. The second kappa shape index (κ2) is 12.1. The van der Waals surface area contributed by atoms with E-state index in [9.17, 15) is 4.79 Å². The van der Waals surface area contributed by atoms with Crippen LogP contribution in [0.25, 0.3) is 0 Å². The fourth-order valence-corrected chi connectivity index (χ4v) is 4.02. The quantitative estimate of drug-likeness (QED) is 0.396. The Balaban J connectivity index is 1.20. The summed E-state index contributed by atoms with van der Waals surface area (Å²) in [5.41, 5.74) is 4.05. The monoisotopic (exact) mass is 458 g/mol. The van der Waals surface area contributed by atoms with Crippen molar-refractivity contribution < 1.29 is 9.53 Å². The van der Waals surface area contributed by atoms with Crippen LogP contribution in [0.2, 0.25) is 0 Å². The molecule has 0 unspecified atom stereocenters. The van der Waals surface area contributed by atoms with Gasteiger partial charge >= 0.3 is 6.03 Å². The molecule has 6 nitrogen and oxygen atoms in total. The molecule has 1 aliphatic rings. The van der Waals surface area contributed by atoms with Crippen molar-refractivity contribution in [1.82, 2.24) is 4.90 Å². The SMILES string of the molecule is CCCCOc1ccc(NC(=O)Nc2ccc(CN3CCN(c4ccccc4)CC3)cc2)cc1. The van der Waals surface area contributed by atoms with Crippen LogP contribution in [-0.2, 0) is 6.54 Å². The third-order valence-electron chi connectivity index (χ3n) is 5.99. The highest BCUT2D eigenvalue weighted by Crippen LogP contribution is 2.19. The summed E-state index contributed by atoms with van der Waals surface area (Å²) in [7, 11) is 0. The van der Waals surface area contributed by atoms with Crippen LogP contribution in [0.1, 0.15) is 25.3 Å². The number of anilines is 3. The molecule has 0 aliphatic carbocycles. The zero-order valence-corrected chi connectivity index (χ0v) is 19.9. The maximum atomic E-state index is 12.4. The fourth-order valence-electron chi connectivity index (χ4n) is 4.02. The summed E-state index contributed by atoms with van der Waals surface area (Å²) < 4.78 is 5.66. The van der Waals surface area contributed by atoms with Gasteiger partial charge in [0.05, 0.1) is 6.61 Å². The largest absolute Gasteiger partial charge is 0.494 e. The van der Waals surface area contributed by atoms with Gasteiger partial charge in [0.2, 0.25) is 0 Å². The lowest BCUT2D eigenvalue weighted by Gasteiger charge is -2.36. The molecular formula is C28H34N4O2. The van der Waals surface area contributed by atoms with Gasteiger partial charge in [0, 0.05) is 49.8 Å². The van der Waals surface area contributed by atoms with Crippen LogP contribution < -0.4 is 20.3 Å². The maximum Gasteiger partial charge on any atom is 0.323 e. The summed E-state index contributed by atoms with van der Waals surface area (Å²) in [6.07, 6.45) is 2.14. The summed E-state index contributed by atoms with van der Waals surface area (Å²) in [6, 6.07) is 25.9. The number of benzene rings is 3. The van der Waals surface area contributed by atoms with E-state index in [1.165, 1.54) is 11.3 Å². The highest BCUT2D eigenvalue weighted by atomic mass is 16.5. The van der Waals surface area contributed by atoms with Crippen LogP contribution >= 0.6 is 0 Å². The molecule has 3 aromatic carbocycles. The molecule has 0 radical (unpaired) electrons. The Labute approximate surface area is 202 Å². The summed E-state index contributed by atoms with van der Waals surface area (Å²) in [5, 5.41) is 5.76. The molecule has 0 atom stereocenters. The Morgan fingerprint density at radius 1 is 0.824 bits per heavy atom. The number of amides is 2. The van der Waals surface area contributed by atoms with Crippen LogP contribution in [0.3, 0.4) is 0 Å². The van der Waals surface area contributed by atoms with Crippen molar-refractivity contribution in [3.05, 3.63) is 84.4 Å². The van der Waals surface area contributed by atoms with Gasteiger partial charge in [-0.2, -0.15) is 0 Å². The summed E-state index contributed by atoms with van der Waals surface area (Å²) >= 11 is 0. The number of para-hydroxylation sites is 1. The fraction of sp³-hybridized carbons (Fsp3) is 0.321. The standard InChI is InChI=1S/C28H34N4O2/c1-2-3-21-34-27-15-13-25(14-16-27)30-28(33)29-24-11-9-23(10-12-24)22-31-17-19-32(20-18-31)26-7-5-4-6-8-26/h4-16H,2-3,17-22H2,1H3,(H2,29,30,33). The minimum Gasteiger partial charge on any atom is -0.494 e. The molecule has 3 aromatic rings. The van der Waals surface area contributed by atoms with Crippen molar-refractivity contribution >= 4 is 23.1 Å². The van der Waals surface area contributed by atoms with Crippen molar-refractivity contribution in [3.8, 4) is 5.75 Å². The van der Waals surface area contributed by atoms with Gasteiger partial charge in [0.1, 0.15) is 5.75 Å². The summed E-state index contributed by atoms with van der Waals surface area (Å²) in [6.45, 7) is 7.92. The topological polar surface area (TPSA) is 56.8 Å². The first kappa shape index (κ1) is 23.6. The van der Waals surface area contributed by atoms with E-state index >= 15 is 0 Å². The van der Waals surface area contributed by atoms with Crippen molar-refractivity contribution in [1.29, 1.82) is 0 Å². The van der Waals surface area contributed by atoms with Gasteiger partial charge < -0.3 is 20.3 Å². The number of unbranched alkanes of at least 4 members (excludes halogenated alkanes) is 1. The number of hydrogen-bond donors (Lipinski definition) is 2. The molecule has 0 saturated carbocycles. The Morgan fingerprint density at radius 3 is 2.06 bits per heavy atom. The van der Waals surface area contributed by atoms with E-state index in [4.69, 9.17) is 4.74 Å². The van der Waals surface area contributed by atoms with Crippen molar-refractivity contribution in [2.24, 2.45) is 0 Å². The number of carbonyl (C=O) groups excluding carboxylic acids is 1. The number of hydrogen-bond acceptors (Lipinski definition) is 4. The highest BCUT2D eigenvalue weighted by Gasteiger charge is 2.17. The Morgan fingerprint density at radius 2 is 1.44 bits per heavy atom. The van der Waals surface area contributed by atoms with Gasteiger partial charge in [-0.15, -0.1) is 0 Å².